The second-order valence-corrected chi connectivity index (χ2v) is 6.50. The lowest BCUT2D eigenvalue weighted by Crippen LogP contribution is -2.24. The van der Waals surface area contributed by atoms with E-state index in [0.29, 0.717) is 0 Å². The lowest BCUT2D eigenvalue weighted by atomic mass is 10.1. The predicted octanol–water partition coefficient (Wildman–Crippen LogP) is 1.71. The number of sulfonamides is 1. The number of hydrogen-bond acceptors (Lipinski definition) is 4. The summed E-state index contributed by atoms with van der Waals surface area (Å²) in [6, 6.07) is 12.3. The van der Waals surface area contributed by atoms with Crippen molar-refractivity contribution in [1.29, 1.82) is 0 Å². The molecule has 112 valence electrons. The van der Waals surface area contributed by atoms with E-state index in [-0.39, 0.29) is 21.7 Å². The van der Waals surface area contributed by atoms with Gasteiger partial charge in [-0.25, -0.2) is 8.42 Å². The van der Waals surface area contributed by atoms with Crippen molar-refractivity contribution in [2.75, 3.05) is 11.8 Å². The Balaban J connectivity index is 2.06. The van der Waals surface area contributed by atoms with Crippen LogP contribution in [-0.4, -0.2) is 32.2 Å². The number of anilines is 1. The quantitative estimate of drug-likeness (QED) is 0.874. The van der Waals surface area contributed by atoms with Crippen LogP contribution in [-0.2, 0) is 10.0 Å². The van der Waals surface area contributed by atoms with Crippen LogP contribution in [0.25, 0.3) is 0 Å². The van der Waals surface area contributed by atoms with Crippen LogP contribution in [0.4, 0.5) is 5.69 Å². The molecule has 3 rings (SSSR count). The maximum atomic E-state index is 12.4. The molecule has 6 nitrogen and oxygen atoms in total. The van der Waals surface area contributed by atoms with Crippen molar-refractivity contribution in [1.82, 2.24) is 4.90 Å². The van der Waals surface area contributed by atoms with Crippen LogP contribution in [0.1, 0.15) is 20.7 Å². The summed E-state index contributed by atoms with van der Waals surface area (Å²) < 4.78 is 27.1. The Kier molecular flexibility index (Phi) is 3.22. The maximum Gasteiger partial charge on any atom is 0.263 e. The Morgan fingerprint density at radius 1 is 0.909 bits per heavy atom. The summed E-state index contributed by atoms with van der Waals surface area (Å²) in [5.74, 6) is -0.966. The van der Waals surface area contributed by atoms with Crippen molar-refractivity contribution in [2.45, 2.75) is 4.90 Å². The molecule has 0 aliphatic carbocycles. The molecule has 2 aromatic rings. The number of amides is 2. The highest BCUT2D eigenvalue weighted by Crippen LogP contribution is 2.29. The van der Waals surface area contributed by atoms with Gasteiger partial charge in [-0.1, -0.05) is 24.3 Å². The molecule has 22 heavy (non-hydrogen) atoms. The molecule has 7 heteroatoms. The number of imide groups is 1. The molecule has 1 aliphatic heterocycles. The lowest BCUT2D eigenvalue weighted by Gasteiger charge is -2.10. The SMILES string of the molecule is CN1C(=O)c2cccc(NS(=O)(=O)c3ccccc3)c2C1=O. The third-order valence-corrected chi connectivity index (χ3v) is 4.80. The molecule has 0 fully saturated rings. The molecule has 0 saturated heterocycles. The van der Waals surface area contributed by atoms with E-state index < -0.39 is 21.8 Å². The van der Waals surface area contributed by atoms with E-state index in [9.17, 15) is 18.0 Å². The second kappa shape index (κ2) is 4.96. The Morgan fingerprint density at radius 2 is 1.59 bits per heavy atom. The molecule has 2 aromatic carbocycles. The van der Waals surface area contributed by atoms with Gasteiger partial charge < -0.3 is 0 Å². The zero-order valence-corrected chi connectivity index (χ0v) is 12.4. The molecule has 0 saturated carbocycles. The van der Waals surface area contributed by atoms with E-state index in [0.717, 1.165) is 4.90 Å². The molecule has 1 aliphatic rings. The standard InChI is InChI=1S/C15H12N2O4S/c1-17-14(18)11-8-5-9-12(13(11)15(17)19)16-22(20,21)10-6-3-2-4-7-10/h2-9,16H,1H3. The van der Waals surface area contributed by atoms with Gasteiger partial charge >= 0.3 is 0 Å². The summed E-state index contributed by atoms with van der Waals surface area (Å²) in [5, 5.41) is 0. The zero-order chi connectivity index (χ0) is 15.9. The molecule has 2 amide bonds. The zero-order valence-electron chi connectivity index (χ0n) is 11.6. The monoisotopic (exact) mass is 316 g/mol. The summed E-state index contributed by atoms with van der Waals surface area (Å²) in [7, 11) is -2.46. The van der Waals surface area contributed by atoms with Crippen molar-refractivity contribution in [3.8, 4) is 0 Å². The van der Waals surface area contributed by atoms with Crippen LogP contribution in [0.5, 0.6) is 0 Å². The van der Waals surface area contributed by atoms with Crippen molar-refractivity contribution in [2.24, 2.45) is 0 Å². The van der Waals surface area contributed by atoms with Gasteiger partial charge in [-0.15, -0.1) is 0 Å². The fraction of sp³-hybridized carbons (Fsp3) is 0.0667. The highest BCUT2D eigenvalue weighted by atomic mass is 32.2. The lowest BCUT2D eigenvalue weighted by molar-refractivity contribution is 0.0693. The largest absolute Gasteiger partial charge is 0.279 e. The minimum absolute atomic E-state index is 0.0782. The highest BCUT2D eigenvalue weighted by Gasteiger charge is 2.35. The first-order valence-corrected chi connectivity index (χ1v) is 7.93. The van der Waals surface area contributed by atoms with Crippen LogP contribution < -0.4 is 4.72 Å². The van der Waals surface area contributed by atoms with Crippen molar-refractivity contribution < 1.29 is 18.0 Å². The molecule has 0 unspecified atom stereocenters. The first-order chi connectivity index (χ1) is 10.4. The third-order valence-electron chi connectivity index (χ3n) is 3.42. The van der Waals surface area contributed by atoms with E-state index in [4.69, 9.17) is 0 Å². The average molecular weight is 316 g/mol. The number of benzene rings is 2. The van der Waals surface area contributed by atoms with Crippen molar-refractivity contribution in [3.63, 3.8) is 0 Å². The van der Waals surface area contributed by atoms with E-state index >= 15 is 0 Å². The number of rotatable bonds is 3. The highest BCUT2D eigenvalue weighted by molar-refractivity contribution is 7.92. The number of carbonyl (C=O) groups is 2. The van der Waals surface area contributed by atoms with E-state index in [1.807, 2.05) is 0 Å². The Hall–Kier alpha value is -2.67. The normalized spacial score (nSPS) is 14.1. The van der Waals surface area contributed by atoms with Gasteiger partial charge in [0.2, 0.25) is 0 Å². The molecule has 0 aromatic heterocycles. The van der Waals surface area contributed by atoms with Crippen LogP contribution in [0, 0.1) is 0 Å². The average Bonchev–Trinajstić information content (AvgIpc) is 2.74. The van der Waals surface area contributed by atoms with E-state index in [2.05, 4.69) is 4.72 Å². The van der Waals surface area contributed by atoms with Crippen LogP contribution in [0.3, 0.4) is 0 Å². The van der Waals surface area contributed by atoms with Crippen LogP contribution in [0.2, 0.25) is 0 Å². The first kappa shape index (κ1) is 14.3. The number of nitrogens with zero attached hydrogens (tertiary/aromatic N) is 1. The smallest absolute Gasteiger partial charge is 0.263 e. The maximum absolute atomic E-state index is 12.4. The Bertz CT molecular complexity index is 876. The van der Waals surface area contributed by atoms with Crippen LogP contribution in [0.15, 0.2) is 53.4 Å². The molecule has 0 atom stereocenters. The van der Waals surface area contributed by atoms with Gasteiger partial charge in [0.25, 0.3) is 21.8 Å². The Morgan fingerprint density at radius 3 is 2.27 bits per heavy atom. The number of nitrogens with one attached hydrogen (secondary N) is 1. The number of carbonyl (C=O) groups excluding carboxylic acids is 2. The summed E-state index contributed by atoms with van der Waals surface area (Å²) in [5.41, 5.74) is 0.374. The van der Waals surface area contributed by atoms with Gasteiger partial charge in [0.05, 0.1) is 21.7 Å². The minimum atomic E-state index is -3.83. The van der Waals surface area contributed by atoms with Crippen molar-refractivity contribution in [3.05, 3.63) is 59.7 Å². The third kappa shape index (κ3) is 2.15. The Labute approximate surface area is 127 Å². The summed E-state index contributed by atoms with van der Waals surface area (Å²) >= 11 is 0. The fourth-order valence-electron chi connectivity index (χ4n) is 2.29. The molecule has 0 bridgehead atoms. The molecule has 0 spiro atoms. The summed E-state index contributed by atoms with van der Waals surface area (Å²) in [6.07, 6.45) is 0. The summed E-state index contributed by atoms with van der Waals surface area (Å²) in [4.78, 5) is 25.1. The number of hydrogen-bond donors (Lipinski definition) is 1. The molecular weight excluding hydrogens is 304 g/mol. The van der Waals surface area contributed by atoms with E-state index in [1.165, 1.54) is 37.4 Å². The molecular formula is C15H12N2O4S. The van der Waals surface area contributed by atoms with Gasteiger partial charge in [0, 0.05) is 7.05 Å². The van der Waals surface area contributed by atoms with Gasteiger partial charge in [0.1, 0.15) is 0 Å². The van der Waals surface area contributed by atoms with Crippen LogP contribution >= 0.6 is 0 Å². The fourth-order valence-corrected chi connectivity index (χ4v) is 3.38. The predicted molar refractivity (Wildman–Crippen MR) is 80.1 cm³/mol. The van der Waals surface area contributed by atoms with Gasteiger partial charge in [0.15, 0.2) is 0 Å². The first-order valence-electron chi connectivity index (χ1n) is 6.45. The van der Waals surface area contributed by atoms with E-state index in [1.54, 1.807) is 18.2 Å². The molecule has 0 radical (unpaired) electrons. The topological polar surface area (TPSA) is 83.6 Å². The van der Waals surface area contributed by atoms with Gasteiger partial charge in [-0.05, 0) is 24.3 Å². The minimum Gasteiger partial charge on any atom is -0.279 e. The second-order valence-electron chi connectivity index (χ2n) is 4.82. The van der Waals surface area contributed by atoms with Gasteiger partial charge in [-0.2, -0.15) is 0 Å². The van der Waals surface area contributed by atoms with Gasteiger partial charge in [-0.3, -0.25) is 19.2 Å². The molecule has 1 heterocycles. The summed E-state index contributed by atoms with van der Waals surface area (Å²) in [6.45, 7) is 0. The molecule has 1 N–H and O–H groups in total. The van der Waals surface area contributed by atoms with Crippen molar-refractivity contribution >= 4 is 27.5 Å². The number of fused-ring (bicyclic) bond motifs is 1.